The first kappa shape index (κ1) is 20.7. The van der Waals surface area contributed by atoms with Crippen molar-refractivity contribution in [1.29, 1.82) is 0 Å². The standard InChI is InChI=1S/C16H22F3N3O3S/c1-20-10-12-6-8-22(9-7-12)26(24,25)14-4-2-13(3-5-14)15(23)21-11-16(17,18)19/h2-5,12,20H,6-11H2,1H3,(H,21,23). The summed E-state index contributed by atoms with van der Waals surface area (Å²) in [6.45, 7) is 0.244. The normalized spacial score (nSPS) is 17.2. The number of hydrogen-bond donors (Lipinski definition) is 2. The molecule has 0 aromatic heterocycles. The van der Waals surface area contributed by atoms with Crippen LogP contribution < -0.4 is 10.6 Å². The number of hydrogen-bond acceptors (Lipinski definition) is 4. The van der Waals surface area contributed by atoms with E-state index in [-0.39, 0.29) is 10.5 Å². The molecule has 1 aliphatic rings. The summed E-state index contributed by atoms with van der Waals surface area (Å²) in [5.41, 5.74) is -0.0269. The molecule has 0 spiro atoms. The van der Waals surface area contributed by atoms with Crippen molar-refractivity contribution >= 4 is 15.9 Å². The van der Waals surface area contributed by atoms with Gasteiger partial charge in [0.2, 0.25) is 10.0 Å². The summed E-state index contributed by atoms with van der Waals surface area (Å²) in [5, 5.41) is 4.83. The van der Waals surface area contributed by atoms with Crippen LogP contribution in [0.25, 0.3) is 0 Å². The van der Waals surface area contributed by atoms with Crippen molar-refractivity contribution in [2.45, 2.75) is 23.9 Å². The Labute approximate surface area is 150 Å². The maximum Gasteiger partial charge on any atom is 0.405 e. The van der Waals surface area contributed by atoms with Crippen LogP contribution in [0.3, 0.4) is 0 Å². The molecule has 26 heavy (non-hydrogen) atoms. The smallest absolute Gasteiger partial charge is 0.343 e. The van der Waals surface area contributed by atoms with Crippen LogP contribution in [0.4, 0.5) is 13.2 Å². The Bertz CT molecular complexity index is 712. The summed E-state index contributed by atoms with van der Waals surface area (Å²) < 4.78 is 63.1. The van der Waals surface area contributed by atoms with Crippen molar-refractivity contribution in [2.24, 2.45) is 5.92 Å². The van der Waals surface area contributed by atoms with Gasteiger partial charge in [0.15, 0.2) is 0 Å². The number of alkyl halides is 3. The van der Waals surface area contributed by atoms with Gasteiger partial charge in [-0.1, -0.05) is 0 Å². The number of piperidine rings is 1. The molecular formula is C16H22F3N3O3S. The number of halogens is 3. The van der Waals surface area contributed by atoms with Gasteiger partial charge >= 0.3 is 6.18 Å². The molecule has 10 heteroatoms. The molecule has 1 saturated heterocycles. The topological polar surface area (TPSA) is 78.5 Å². The van der Waals surface area contributed by atoms with Gasteiger partial charge in [-0.2, -0.15) is 17.5 Å². The number of amides is 1. The lowest BCUT2D eigenvalue weighted by Gasteiger charge is -2.31. The zero-order valence-electron chi connectivity index (χ0n) is 14.3. The first-order valence-electron chi connectivity index (χ1n) is 8.23. The van der Waals surface area contributed by atoms with Crippen LogP contribution in [-0.2, 0) is 10.0 Å². The fourth-order valence-corrected chi connectivity index (χ4v) is 4.32. The molecule has 1 aliphatic heterocycles. The fraction of sp³-hybridized carbons (Fsp3) is 0.562. The molecule has 1 aromatic carbocycles. The first-order valence-corrected chi connectivity index (χ1v) is 9.67. The number of sulfonamides is 1. The second kappa shape index (κ2) is 8.36. The van der Waals surface area contributed by atoms with Crippen molar-refractivity contribution < 1.29 is 26.4 Å². The Morgan fingerprint density at radius 2 is 1.77 bits per heavy atom. The van der Waals surface area contributed by atoms with E-state index in [1.807, 2.05) is 7.05 Å². The van der Waals surface area contributed by atoms with Crippen LogP contribution in [0.5, 0.6) is 0 Å². The average molecular weight is 393 g/mol. The molecule has 146 valence electrons. The third kappa shape index (κ3) is 5.42. The highest BCUT2D eigenvalue weighted by molar-refractivity contribution is 7.89. The lowest BCUT2D eigenvalue weighted by molar-refractivity contribution is -0.123. The third-order valence-electron chi connectivity index (χ3n) is 4.27. The van der Waals surface area contributed by atoms with Crippen molar-refractivity contribution in [3.8, 4) is 0 Å². The number of nitrogens with one attached hydrogen (secondary N) is 2. The largest absolute Gasteiger partial charge is 0.405 e. The predicted molar refractivity (Wildman–Crippen MR) is 90.2 cm³/mol. The van der Waals surface area contributed by atoms with Gasteiger partial charge in [-0.05, 0) is 56.6 Å². The molecule has 6 nitrogen and oxygen atoms in total. The summed E-state index contributed by atoms with van der Waals surface area (Å²) in [6.07, 6.45) is -2.98. The van der Waals surface area contributed by atoms with E-state index in [0.29, 0.717) is 19.0 Å². The van der Waals surface area contributed by atoms with Gasteiger partial charge in [0.1, 0.15) is 6.54 Å². The lowest BCUT2D eigenvalue weighted by atomic mass is 9.98. The molecule has 0 radical (unpaired) electrons. The van der Waals surface area contributed by atoms with E-state index >= 15 is 0 Å². The van der Waals surface area contributed by atoms with Gasteiger partial charge in [-0.25, -0.2) is 8.42 Å². The van der Waals surface area contributed by atoms with E-state index in [1.54, 1.807) is 5.32 Å². The lowest BCUT2D eigenvalue weighted by Crippen LogP contribution is -2.40. The van der Waals surface area contributed by atoms with Gasteiger partial charge in [-0.15, -0.1) is 0 Å². The zero-order chi connectivity index (χ0) is 19.4. The quantitative estimate of drug-likeness (QED) is 0.770. The van der Waals surface area contributed by atoms with Crippen LogP contribution in [0.2, 0.25) is 0 Å². The maximum absolute atomic E-state index is 12.7. The SMILES string of the molecule is CNCC1CCN(S(=O)(=O)c2ccc(C(=O)NCC(F)(F)F)cc2)CC1. The second-order valence-electron chi connectivity index (χ2n) is 6.23. The minimum atomic E-state index is -4.50. The second-order valence-corrected chi connectivity index (χ2v) is 8.17. The molecule has 0 atom stereocenters. The van der Waals surface area contributed by atoms with E-state index in [0.717, 1.165) is 19.4 Å². The highest BCUT2D eigenvalue weighted by Crippen LogP contribution is 2.23. The van der Waals surface area contributed by atoms with Crippen molar-refractivity contribution in [1.82, 2.24) is 14.9 Å². The Morgan fingerprint density at radius 3 is 2.27 bits per heavy atom. The number of nitrogens with zero attached hydrogens (tertiary/aromatic N) is 1. The average Bonchev–Trinajstić information content (AvgIpc) is 2.60. The summed E-state index contributed by atoms with van der Waals surface area (Å²) in [4.78, 5) is 11.7. The monoisotopic (exact) mass is 393 g/mol. The Morgan fingerprint density at radius 1 is 1.19 bits per heavy atom. The van der Waals surface area contributed by atoms with Crippen LogP contribution in [0.1, 0.15) is 23.2 Å². The zero-order valence-corrected chi connectivity index (χ0v) is 15.2. The van der Waals surface area contributed by atoms with Gasteiger partial charge in [0, 0.05) is 18.7 Å². The van der Waals surface area contributed by atoms with Gasteiger partial charge in [0.25, 0.3) is 5.91 Å². The Hall–Kier alpha value is -1.65. The van der Waals surface area contributed by atoms with Gasteiger partial charge in [0.05, 0.1) is 4.90 Å². The molecule has 2 N–H and O–H groups in total. The van der Waals surface area contributed by atoms with E-state index in [2.05, 4.69) is 5.32 Å². The van der Waals surface area contributed by atoms with Crippen molar-refractivity contribution in [2.75, 3.05) is 33.2 Å². The van der Waals surface area contributed by atoms with E-state index in [1.165, 1.54) is 28.6 Å². The molecule has 2 rings (SSSR count). The van der Waals surface area contributed by atoms with Gasteiger partial charge < -0.3 is 10.6 Å². The van der Waals surface area contributed by atoms with Crippen LogP contribution in [-0.4, -0.2) is 58.0 Å². The molecule has 0 saturated carbocycles. The third-order valence-corrected chi connectivity index (χ3v) is 6.18. The van der Waals surface area contributed by atoms with Crippen LogP contribution in [0.15, 0.2) is 29.2 Å². The number of carbonyl (C=O) groups is 1. The molecule has 0 aliphatic carbocycles. The number of benzene rings is 1. The molecule has 1 fully saturated rings. The summed E-state index contributed by atoms with van der Waals surface area (Å²) in [6, 6.07) is 4.92. The fourth-order valence-electron chi connectivity index (χ4n) is 2.85. The minimum absolute atomic E-state index is 0.0249. The minimum Gasteiger partial charge on any atom is -0.343 e. The number of rotatable bonds is 6. The molecule has 1 aromatic rings. The molecular weight excluding hydrogens is 371 g/mol. The van der Waals surface area contributed by atoms with Crippen LogP contribution >= 0.6 is 0 Å². The highest BCUT2D eigenvalue weighted by atomic mass is 32.2. The maximum atomic E-state index is 12.7. The summed E-state index contributed by atoms with van der Waals surface area (Å²) in [5.74, 6) is -0.467. The molecule has 0 unspecified atom stereocenters. The van der Waals surface area contributed by atoms with E-state index < -0.39 is 28.7 Å². The van der Waals surface area contributed by atoms with E-state index in [9.17, 15) is 26.4 Å². The summed E-state index contributed by atoms with van der Waals surface area (Å²) in [7, 11) is -1.82. The molecule has 0 bridgehead atoms. The highest BCUT2D eigenvalue weighted by Gasteiger charge is 2.30. The van der Waals surface area contributed by atoms with Crippen LogP contribution in [0, 0.1) is 5.92 Å². The first-order chi connectivity index (χ1) is 12.1. The molecule has 1 heterocycles. The number of carbonyl (C=O) groups excluding carboxylic acids is 1. The summed E-state index contributed by atoms with van der Waals surface area (Å²) >= 11 is 0. The predicted octanol–water partition coefficient (Wildman–Crippen LogP) is 1.60. The Balaban J connectivity index is 2.02. The van der Waals surface area contributed by atoms with Crippen molar-refractivity contribution in [3.63, 3.8) is 0 Å². The van der Waals surface area contributed by atoms with E-state index in [4.69, 9.17) is 0 Å². The molecule has 1 amide bonds. The van der Waals surface area contributed by atoms with Gasteiger partial charge in [-0.3, -0.25) is 4.79 Å². The van der Waals surface area contributed by atoms with Crippen molar-refractivity contribution in [3.05, 3.63) is 29.8 Å². The Kier molecular flexibility index (Phi) is 6.64.